The van der Waals surface area contributed by atoms with Gasteiger partial charge in [0.05, 0.1) is 13.2 Å². The molecule has 2 aromatic heterocycles. The van der Waals surface area contributed by atoms with Crippen LogP contribution in [-0.4, -0.2) is 52.9 Å². The largest absolute Gasteiger partial charge is 0.490 e. The van der Waals surface area contributed by atoms with Crippen LogP contribution in [0, 0.1) is 6.92 Å². The number of rotatable bonds is 9. The van der Waals surface area contributed by atoms with Crippen molar-refractivity contribution in [1.29, 1.82) is 0 Å². The molecule has 0 bridgehead atoms. The molecule has 3 aromatic rings. The lowest BCUT2D eigenvalue weighted by atomic mass is 10.1. The van der Waals surface area contributed by atoms with Crippen molar-refractivity contribution in [1.82, 2.24) is 19.9 Å². The summed E-state index contributed by atoms with van der Waals surface area (Å²) in [5.41, 5.74) is 1.52. The van der Waals surface area contributed by atoms with Gasteiger partial charge in [0.2, 0.25) is 16.0 Å². The van der Waals surface area contributed by atoms with E-state index < -0.39 is 0 Å². The number of hydrogen-bond donors (Lipinski definition) is 1. The van der Waals surface area contributed by atoms with Gasteiger partial charge in [0.15, 0.2) is 11.5 Å². The lowest BCUT2D eigenvalue weighted by Gasteiger charge is -2.22. The van der Waals surface area contributed by atoms with E-state index in [9.17, 15) is 9.59 Å². The Morgan fingerprint density at radius 3 is 2.79 bits per heavy atom. The van der Waals surface area contributed by atoms with Crippen LogP contribution in [0.15, 0.2) is 29.1 Å². The van der Waals surface area contributed by atoms with Gasteiger partial charge in [-0.1, -0.05) is 17.4 Å². The molecule has 3 heterocycles. The van der Waals surface area contributed by atoms with E-state index in [4.69, 9.17) is 9.47 Å². The topological polar surface area (TPSA) is 98.1 Å². The molecule has 0 spiro atoms. The van der Waals surface area contributed by atoms with E-state index in [2.05, 4.69) is 15.4 Å². The molecule has 33 heavy (non-hydrogen) atoms. The van der Waals surface area contributed by atoms with E-state index in [0.29, 0.717) is 42.0 Å². The van der Waals surface area contributed by atoms with Crippen molar-refractivity contribution in [3.63, 3.8) is 0 Å². The van der Waals surface area contributed by atoms with Crippen LogP contribution in [0.4, 0.5) is 5.13 Å². The molecule has 1 aliphatic heterocycles. The summed E-state index contributed by atoms with van der Waals surface area (Å²) in [7, 11) is 0. The molecule has 1 N–H and O–H groups in total. The first-order chi connectivity index (χ1) is 16.0. The maximum Gasteiger partial charge on any atom is 0.275 e. The van der Waals surface area contributed by atoms with E-state index in [0.717, 1.165) is 36.4 Å². The number of aryl methyl sites for hydroxylation is 1. The SMILES string of the molecule is CCOc1ccc(CCNC(=O)[C@@H]2CCCN2c2nn3c(=O)cc(C)nc3s2)cc1OCC. The number of nitrogens with one attached hydrogen (secondary N) is 1. The van der Waals surface area contributed by atoms with Gasteiger partial charge in [0.25, 0.3) is 5.56 Å². The normalized spacial score (nSPS) is 15.7. The van der Waals surface area contributed by atoms with Crippen molar-refractivity contribution in [3.05, 3.63) is 45.9 Å². The third-order valence-corrected chi connectivity index (χ3v) is 6.43. The van der Waals surface area contributed by atoms with Crippen molar-refractivity contribution in [2.24, 2.45) is 0 Å². The van der Waals surface area contributed by atoms with Gasteiger partial charge >= 0.3 is 0 Å². The number of benzene rings is 1. The van der Waals surface area contributed by atoms with E-state index >= 15 is 0 Å². The molecular formula is C23H29N5O4S. The summed E-state index contributed by atoms with van der Waals surface area (Å²) in [6.07, 6.45) is 2.33. The quantitative estimate of drug-likeness (QED) is 0.512. The van der Waals surface area contributed by atoms with Crippen LogP contribution in [0.25, 0.3) is 4.96 Å². The lowest BCUT2D eigenvalue weighted by Crippen LogP contribution is -2.44. The molecule has 1 fully saturated rings. The standard InChI is InChI=1S/C23H29N5O4S/c1-4-31-18-9-8-16(14-19(18)32-5-2)10-11-24-21(30)17-7-6-12-27(17)23-26-28-20(29)13-15(3)25-22(28)33-23/h8-9,13-14,17H,4-7,10-12H2,1-3H3,(H,24,30)/t17-/m0/s1. The number of amides is 1. The molecular weight excluding hydrogens is 442 g/mol. The molecule has 9 nitrogen and oxygen atoms in total. The smallest absolute Gasteiger partial charge is 0.275 e. The Hall–Kier alpha value is -3.14. The van der Waals surface area contributed by atoms with Gasteiger partial charge < -0.3 is 19.7 Å². The van der Waals surface area contributed by atoms with Gasteiger partial charge in [-0.25, -0.2) is 4.98 Å². The van der Waals surface area contributed by atoms with E-state index in [1.165, 1.54) is 21.9 Å². The third kappa shape index (κ3) is 5.11. The zero-order valence-electron chi connectivity index (χ0n) is 19.2. The second-order valence-corrected chi connectivity index (χ2v) is 8.79. The molecule has 1 atom stereocenters. The number of hydrogen-bond acceptors (Lipinski definition) is 8. The number of aromatic nitrogens is 3. The fourth-order valence-electron chi connectivity index (χ4n) is 3.99. The summed E-state index contributed by atoms with van der Waals surface area (Å²) < 4.78 is 12.6. The molecule has 1 aliphatic rings. The van der Waals surface area contributed by atoms with Gasteiger partial charge in [-0.05, 0) is 57.7 Å². The summed E-state index contributed by atoms with van der Waals surface area (Å²) in [5.74, 6) is 1.42. The maximum absolute atomic E-state index is 13.0. The molecule has 10 heteroatoms. The lowest BCUT2D eigenvalue weighted by molar-refractivity contribution is -0.122. The summed E-state index contributed by atoms with van der Waals surface area (Å²) in [6, 6.07) is 7.03. The average molecular weight is 472 g/mol. The summed E-state index contributed by atoms with van der Waals surface area (Å²) in [6.45, 7) is 8.04. The van der Waals surface area contributed by atoms with Crippen LogP contribution in [0.2, 0.25) is 0 Å². The first-order valence-electron chi connectivity index (χ1n) is 11.3. The molecule has 0 unspecified atom stereocenters. The van der Waals surface area contributed by atoms with Crippen LogP contribution in [-0.2, 0) is 11.2 Å². The van der Waals surface area contributed by atoms with Crippen LogP contribution in [0.1, 0.15) is 37.9 Å². The highest BCUT2D eigenvalue weighted by Crippen LogP contribution is 2.30. The highest BCUT2D eigenvalue weighted by molar-refractivity contribution is 7.20. The molecule has 0 aliphatic carbocycles. The van der Waals surface area contributed by atoms with E-state index in [1.54, 1.807) is 6.92 Å². The van der Waals surface area contributed by atoms with Gasteiger partial charge in [-0.2, -0.15) is 4.52 Å². The summed E-state index contributed by atoms with van der Waals surface area (Å²) in [4.78, 5) is 32.1. The highest BCUT2D eigenvalue weighted by Gasteiger charge is 2.33. The van der Waals surface area contributed by atoms with Crippen molar-refractivity contribution >= 4 is 27.3 Å². The Morgan fingerprint density at radius 1 is 1.21 bits per heavy atom. The van der Waals surface area contributed by atoms with E-state index in [1.807, 2.05) is 36.9 Å². The number of anilines is 1. The van der Waals surface area contributed by atoms with Gasteiger partial charge in [0, 0.05) is 24.8 Å². The van der Waals surface area contributed by atoms with Gasteiger partial charge in [-0.3, -0.25) is 9.59 Å². The Balaban J connectivity index is 1.40. The fourth-order valence-corrected chi connectivity index (χ4v) is 5.02. The minimum atomic E-state index is -0.304. The number of nitrogens with zero attached hydrogens (tertiary/aromatic N) is 4. The number of carbonyl (C=O) groups excluding carboxylic acids is 1. The minimum Gasteiger partial charge on any atom is -0.490 e. The van der Waals surface area contributed by atoms with Gasteiger partial charge in [-0.15, -0.1) is 5.10 Å². The average Bonchev–Trinajstić information content (AvgIpc) is 3.43. The molecule has 0 radical (unpaired) electrons. The summed E-state index contributed by atoms with van der Waals surface area (Å²) >= 11 is 1.34. The molecule has 1 aromatic carbocycles. The second-order valence-electron chi connectivity index (χ2n) is 7.85. The molecule has 1 saturated heterocycles. The van der Waals surface area contributed by atoms with E-state index in [-0.39, 0.29) is 17.5 Å². The molecule has 176 valence electrons. The maximum atomic E-state index is 13.0. The number of ether oxygens (including phenoxy) is 2. The van der Waals surface area contributed by atoms with Crippen molar-refractivity contribution < 1.29 is 14.3 Å². The van der Waals surface area contributed by atoms with Crippen LogP contribution < -0.4 is 25.2 Å². The number of carbonyl (C=O) groups is 1. The first kappa shape index (κ1) is 23.0. The predicted octanol–water partition coefficient (Wildman–Crippen LogP) is 2.58. The van der Waals surface area contributed by atoms with Crippen molar-refractivity contribution in [2.45, 2.75) is 46.1 Å². The van der Waals surface area contributed by atoms with Crippen LogP contribution in [0.3, 0.4) is 0 Å². The van der Waals surface area contributed by atoms with Crippen molar-refractivity contribution in [2.75, 3.05) is 31.2 Å². The van der Waals surface area contributed by atoms with Crippen LogP contribution >= 0.6 is 11.3 Å². The molecule has 4 rings (SSSR count). The third-order valence-electron chi connectivity index (χ3n) is 5.48. The molecule has 1 amide bonds. The fraction of sp³-hybridized carbons (Fsp3) is 0.478. The Kier molecular flexibility index (Phi) is 7.12. The van der Waals surface area contributed by atoms with Crippen LogP contribution in [0.5, 0.6) is 11.5 Å². The zero-order valence-corrected chi connectivity index (χ0v) is 20.0. The predicted molar refractivity (Wildman–Crippen MR) is 128 cm³/mol. The Labute approximate surface area is 196 Å². The Morgan fingerprint density at radius 2 is 2.00 bits per heavy atom. The number of fused-ring (bicyclic) bond motifs is 1. The zero-order chi connectivity index (χ0) is 23.4. The second kappa shape index (κ2) is 10.2. The molecule has 0 saturated carbocycles. The summed E-state index contributed by atoms with van der Waals surface area (Å²) in [5, 5.41) is 8.13. The van der Waals surface area contributed by atoms with Gasteiger partial charge in [0.1, 0.15) is 6.04 Å². The Bertz CT molecular complexity index is 1190. The monoisotopic (exact) mass is 471 g/mol. The van der Waals surface area contributed by atoms with Crippen molar-refractivity contribution in [3.8, 4) is 11.5 Å². The minimum absolute atomic E-state index is 0.0285. The first-order valence-corrected chi connectivity index (χ1v) is 12.1. The highest BCUT2D eigenvalue weighted by atomic mass is 32.1.